The molecule has 16 aromatic carbocycles. The van der Waals surface area contributed by atoms with E-state index in [0.29, 0.717) is 11.1 Å². The van der Waals surface area contributed by atoms with Crippen LogP contribution in [0.2, 0.25) is 0 Å². The summed E-state index contributed by atoms with van der Waals surface area (Å²) in [4.78, 5) is 41.9. The third kappa shape index (κ3) is 12.8. The number of aromatic nitrogens is 11. The maximum atomic E-state index is 14.6. The standard InChI is InChI=1S/C42H26F2N4S.C41H25N3S.C40H24N4S/c1-42(2)31-21-25(15-17-28(31)29-18-16-26(22-32(29)42)27-19-20-36(43)46-40(27)44)23-11-13-24(14-12-23)37-39-38(30-7-3-4-8-33(30)45-37)47-41-48(39)34-9-5-6-10-35(34)49-41;1-2-10-25(11-3-1)28-13-8-15-30-31-16-9-14-29(34(31)24-33(28)30)26-20-22-27(23-21-26)38-40-39(32-12-4-5-17-35(32)42-38)43-41-44(40)36-18-6-7-19-37(36)45-41;1-2-14-34-31(9-1)38-39(44-35-15-3-4-16-36(35)45-40(44)43-38)37(42-34)25-19-17-24(18-20-25)27-10-5-12-29-30-13-6-11-28(33(30)22-32(27)29)26-8-7-21-41-23-26/h3-22H,1-2H3;1-23H,24H2;1-21,23H,22H2. The number of imidazole rings is 3. The van der Waals surface area contributed by atoms with Crippen LogP contribution in [-0.2, 0) is 18.3 Å². The summed E-state index contributed by atoms with van der Waals surface area (Å²) in [7, 11) is 0. The van der Waals surface area contributed by atoms with Gasteiger partial charge < -0.3 is 0 Å². The van der Waals surface area contributed by atoms with Gasteiger partial charge in [0.05, 0.1) is 64.3 Å². The van der Waals surface area contributed by atoms with Gasteiger partial charge in [0.1, 0.15) is 33.1 Å². The van der Waals surface area contributed by atoms with E-state index >= 15 is 0 Å². The van der Waals surface area contributed by atoms with E-state index in [1.54, 1.807) is 34.0 Å². The van der Waals surface area contributed by atoms with E-state index in [2.05, 4.69) is 371 Å². The van der Waals surface area contributed by atoms with Gasteiger partial charge in [-0.2, -0.15) is 13.8 Å². The third-order valence-corrected chi connectivity index (χ3v) is 31.7. The Morgan fingerprint density at radius 3 is 1.00 bits per heavy atom. The van der Waals surface area contributed by atoms with Gasteiger partial charge in [0.25, 0.3) is 0 Å². The molecule has 3 aliphatic carbocycles. The van der Waals surface area contributed by atoms with Crippen LogP contribution in [0.5, 0.6) is 0 Å². The van der Waals surface area contributed by atoms with Crippen molar-refractivity contribution >= 4 is 145 Å². The van der Waals surface area contributed by atoms with Crippen LogP contribution in [-0.4, -0.2) is 53.1 Å². The first-order chi connectivity index (χ1) is 68.5. The molecule has 0 N–H and O–H groups in total. The van der Waals surface area contributed by atoms with E-state index in [-0.39, 0.29) is 5.41 Å². The fourth-order valence-corrected chi connectivity index (χ4v) is 25.1. The van der Waals surface area contributed by atoms with E-state index < -0.39 is 11.9 Å². The average molecular weight is 1840 g/mol. The molecule has 0 radical (unpaired) electrons. The van der Waals surface area contributed by atoms with Gasteiger partial charge in [0.2, 0.25) is 11.9 Å². The monoisotopic (exact) mass is 1840 g/mol. The molecule has 0 fully saturated rings. The summed E-state index contributed by atoms with van der Waals surface area (Å²) in [6.07, 6.45) is 5.63. The van der Waals surface area contributed by atoms with Crippen LogP contribution in [0.1, 0.15) is 47.2 Å². The van der Waals surface area contributed by atoms with E-state index in [4.69, 9.17) is 29.9 Å². The third-order valence-electron chi connectivity index (χ3n) is 28.6. The second-order valence-electron chi connectivity index (χ2n) is 36.6. The number of rotatable bonds is 9. The lowest BCUT2D eigenvalue weighted by molar-refractivity contribution is 0.515. The second-order valence-corrected chi connectivity index (χ2v) is 39.6. The van der Waals surface area contributed by atoms with Gasteiger partial charge in [-0.3, -0.25) is 18.2 Å². The molecule has 654 valence electrons. The summed E-state index contributed by atoms with van der Waals surface area (Å²) in [6, 6.07) is 134. The summed E-state index contributed by atoms with van der Waals surface area (Å²) in [5.41, 5.74) is 46.9. The van der Waals surface area contributed by atoms with Crippen LogP contribution in [0.15, 0.2) is 395 Å². The molecule has 0 amide bonds. The minimum Gasteiger partial charge on any atom is -0.281 e. The molecule has 0 spiro atoms. The van der Waals surface area contributed by atoms with E-state index in [9.17, 15) is 8.78 Å². The van der Waals surface area contributed by atoms with Crippen molar-refractivity contribution in [2.75, 3.05) is 0 Å². The molecule has 30 rings (SSSR count). The summed E-state index contributed by atoms with van der Waals surface area (Å²) < 4.78 is 38.6. The van der Waals surface area contributed by atoms with Gasteiger partial charge in [0.15, 0.2) is 14.9 Å². The molecule has 16 heteroatoms. The fourth-order valence-electron chi connectivity index (χ4n) is 22.1. The number of halogens is 2. The highest BCUT2D eigenvalue weighted by Crippen LogP contribution is 2.54. The summed E-state index contributed by atoms with van der Waals surface area (Å²) in [5, 5.41) is 3.21. The molecule has 11 heterocycles. The van der Waals surface area contributed by atoms with E-state index in [1.807, 2.05) is 48.8 Å². The molecule has 27 aromatic rings. The first-order valence-corrected chi connectivity index (χ1v) is 49.1. The zero-order valence-corrected chi connectivity index (χ0v) is 77.3. The van der Waals surface area contributed by atoms with Crippen molar-refractivity contribution in [3.05, 3.63) is 440 Å². The normalized spacial score (nSPS) is 12.7. The van der Waals surface area contributed by atoms with Crippen LogP contribution in [0.4, 0.5) is 8.78 Å². The van der Waals surface area contributed by atoms with Crippen molar-refractivity contribution in [2.24, 2.45) is 0 Å². The topological polar surface area (TPSA) is 116 Å². The molecule has 139 heavy (non-hydrogen) atoms. The van der Waals surface area contributed by atoms with Gasteiger partial charge in [-0.05, 0) is 220 Å². The number of nitrogens with zero attached hydrogens (tertiary/aromatic N) is 11. The number of hydrogen-bond acceptors (Lipinski definition) is 11. The van der Waals surface area contributed by atoms with Crippen molar-refractivity contribution in [2.45, 2.75) is 32.1 Å². The van der Waals surface area contributed by atoms with Crippen molar-refractivity contribution in [3.8, 4) is 134 Å². The number of para-hydroxylation sites is 6. The molecule has 0 aliphatic heterocycles. The van der Waals surface area contributed by atoms with Crippen molar-refractivity contribution in [1.29, 1.82) is 0 Å². The fraction of sp³-hybridized carbons (Fsp3) is 0.0407. The SMILES string of the molecule is CC1(C)c2cc(-c3ccc(-c4nc5ccccc5c5nc6sc7ccccc7n6c45)cc3)ccc2-c2ccc(-c3ccc(F)nc3F)cc21.c1ccc(-c2cccc3c2Cc2c(-c4ccc(-c5nc6ccccc6c6nc7sc8ccccc8n7c56)cc4)cccc2-3)cc1.c1cncc(-c2cccc3c2Cc2c(-c4ccc(-c5nc6ccccc6c6nc7sc8ccccc8n7c56)cc4)cccc2-3)c1. The average Bonchev–Trinajstić information content (AvgIpc) is 1.59. The zero-order chi connectivity index (χ0) is 92.0. The van der Waals surface area contributed by atoms with Crippen molar-refractivity contribution in [3.63, 3.8) is 0 Å². The Kier molecular flexibility index (Phi) is 18.3. The van der Waals surface area contributed by atoms with Crippen LogP contribution in [0.25, 0.3) is 245 Å². The lowest BCUT2D eigenvalue weighted by Crippen LogP contribution is -2.15. The predicted octanol–water partition coefficient (Wildman–Crippen LogP) is 32.3. The Morgan fingerprint density at radius 2 is 0.590 bits per heavy atom. The van der Waals surface area contributed by atoms with Crippen LogP contribution in [0.3, 0.4) is 0 Å². The summed E-state index contributed by atoms with van der Waals surface area (Å²) in [5.74, 6) is -1.63. The highest BCUT2D eigenvalue weighted by molar-refractivity contribution is 7.24. The van der Waals surface area contributed by atoms with Gasteiger partial charge in [-0.1, -0.05) is 345 Å². The number of benzene rings is 16. The highest BCUT2D eigenvalue weighted by atomic mass is 32.1. The first-order valence-electron chi connectivity index (χ1n) is 46.6. The Hall–Kier alpha value is -17.0. The number of fused-ring (bicyclic) bond motifs is 30. The molecule has 3 aliphatic rings. The van der Waals surface area contributed by atoms with Crippen LogP contribution < -0.4 is 0 Å². The molecular formula is C123H75F2N11S3. The van der Waals surface area contributed by atoms with Crippen LogP contribution in [0, 0.1) is 11.9 Å². The molecule has 0 unspecified atom stereocenters. The maximum absolute atomic E-state index is 14.6. The lowest BCUT2D eigenvalue weighted by Gasteiger charge is -2.22. The largest absolute Gasteiger partial charge is 0.281 e. The molecule has 0 saturated heterocycles. The van der Waals surface area contributed by atoms with Crippen molar-refractivity contribution < 1.29 is 8.78 Å². The Morgan fingerprint density at radius 1 is 0.259 bits per heavy atom. The summed E-state index contributed by atoms with van der Waals surface area (Å²) >= 11 is 5.15. The van der Waals surface area contributed by atoms with Gasteiger partial charge in [0, 0.05) is 61.8 Å². The number of hydrogen-bond donors (Lipinski definition) is 0. The van der Waals surface area contributed by atoms with Crippen molar-refractivity contribution in [1.82, 2.24) is 53.1 Å². The Balaban J connectivity index is 0.000000103. The molecular weight excluding hydrogens is 1770 g/mol. The molecule has 11 nitrogen and oxygen atoms in total. The smallest absolute Gasteiger partial charge is 0.223 e. The second kappa shape index (κ2) is 31.5. The minimum atomic E-state index is -0.826. The lowest BCUT2D eigenvalue weighted by atomic mass is 9.81. The quantitative estimate of drug-likeness (QED) is 0.131. The highest BCUT2D eigenvalue weighted by Gasteiger charge is 2.37. The predicted molar refractivity (Wildman–Crippen MR) is 569 cm³/mol. The molecule has 0 bridgehead atoms. The minimum absolute atomic E-state index is 0.291. The molecule has 11 aromatic heterocycles. The first kappa shape index (κ1) is 80.4. The Labute approximate surface area is 807 Å². The van der Waals surface area contributed by atoms with Gasteiger partial charge in [-0.25, -0.2) is 29.9 Å². The van der Waals surface area contributed by atoms with E-state index in [1.165, 1.54) is 132 Å². The van der Waals surface area contributed by atoms with Gasteiger partial charge >= 0.3 is 0 Å². The maximum Gasteiger partial charge on any atom is 0.223 e. The Bertz CT molecular complexity index is 9460. The summed E-state index contributed by atoms with van der Waals surface area (Å²) in [6.45, 7) is 4.40. The number of pyridine rings is 5. The van der Waals surface area contributed by atoms with Gasteiger partial charge in [-0.15, -0.1) is 0 Å². The molecule has 0 atom stereocenters. The number of thiazole rings is 3. The van der Waals surface area contributed by atoms with E-state index in [0.717, 1.165) is 161 Å². The zero-order valence-electron chi connectivity index (χ0n) is 74.8. The van der Waals surface area contributed by atoms with Crippen LogP contribution >= 0.6 is 34.0 Å². The molecule has 0 saturated carbocycles.